The van der Waals surface area contributed by atoms with E-state index in [2.05, 4.69) is 73.1 Å². The second-order valence-corrected chi connectivity index (χ2v) is 26.2. The van der Waals surface area contributed by atoms with Crippen molar-refractivity contribution in [2.24, 2.45) is 17.6 Å². The van der Waals surface area contributed by atoms with Crippen molar-refractivity contribution in [3.8, 4) is 56.9 Å². The van der Waals surface area contributed by atoms with E-state index in [1.165, 1.54) is 98.8 Å². The number of Topliss-reactive ketones (excluding diaryl/α,β-unsaturated/α-hetero) is 1. The molecule has 0 atom stereocenters. The molecule has 2 saturated carbocycles. The number of aromatic nitrogens is 10. The number of nitriles is 2. The fourth-order valence-electron chi connectivity index (χ4n) is 11.2. The summed E-state index contributed by atoms with van der Waals surface area (Å²) < 4.78 is 40.9. The number of anilines is 6. The fourth-order valence-corrected chi connectivity index (χ4v) is 12.9. The van der Waals surface area contributed by atoms with E-state index in [0.717, 1.165) is 108 Å². The maximum atomic E-state index is 13.5. The summed E-state index contributed by atoms with van der Waals surface area (Å²) in [5, 5.41) is 20.9. The first kappa shape index (κ1) is 77.5. The number of carbonyl (C=O) groups is 4. The molecular formula is C73H80BF2N17NaO7S2. The summed E-state index contributed by atoms with van der Waals surface area (Å²) in [5.74, 6) is 2.88. The van der Waals surface area contributed by atoms with Crippen molar-refractivity contribution >= 4 is 99.5 Å². The average Bonchev–Trinajstić information content (AvgIpc) is 1.61. The van der Waals surface area contributed by atoms with Crippen LogP contribution >= 0.6 is 22.7 Å². The van der Waals surface area contributed by atoms with Crippen molar-refractivity contribution in [1.29, 1.82) is 10.5 Å². The van der Waals surface area contributed by atoms with Crippen LogP contribution in [-0.2, 0) is 46.4 Å². The van der Waals surface area contributed by atoms with Gasteiger partial charge in [-0.2, -0.15) is 10.5 Å². The van der Waals surface area contributed by atoms with Gasteiger partial charge in [-0.25, -0.2) is 68.0 Å². The molecular weight excluding hydrogens is 1360 g/mol. The Morgan fingerprint density at radius 3 is 1.29 bits per heavy atom. The molecule has 0 bridgehead atoms. The monoisotopic (exact) mass is 1440 g/mol. The number of thiazole rings is 2. The normalized spacial score (nSPS) is 13.9. The van der Waals surface area contributed by atoms with Crippen molar-refractivity contribution in [2.45, 2.75) is 125 Å². The average molecular weight is 1440 g/mol. The van der Waals surface area contributed by atoms with Crippen molar-refractivity contribution in [2.75, 3.05) is 59.9 Å². The van der Waals surface area contributed by atoms with E-state index < -0.39 is 17.9 Å². The Morgan fingerprint density at radius 1 is 0.602 bits per heavy atom. The number of piperidine rings is 2. The van der Waals surface area contributed by atoms with E-state index in [9.17, 15) is 38.5 Å². The number of nitrogens with zero attached hydrogens (tertiary/aromatic N) is 16. The molecule has 10 heterocycles. The summed E-state index contributed by atoms with van der Waals surface area (Å²) in [7, 11) is 8.17. The number of rotatable bonds is 14. The van der Waals surface area contributed by atoms with Crippen molar-refractivity contribution in [3.63, 3.8) is 0 Å². The zero-order valence-corrected chi connectivity index (χ0v) is 62.8. The van der Waals surface area contributed by atoms with Crippen LogP contribution in [0.4, 0.5) is 42.6 Å². The van der Waals surface area contributed by atoms with E-state index in [4.69, 9.17) is 37.0 Å². The smallest absolute Gasteiger partial charge is 0.793 e. The molecule has 2 aliphatic heterocycles. The van der Waals surface area contributed by atoms with Gasteiger partial charge < -0.3 is 38.0 Å². The molecule has 2 saturated heterocycles. The molecule has 529 valence electrons. The van der Waals surface area contributed by atoms with E-state index in [1.807, 2.05) is 76.9 Å². The minimum Gasteiger partial charge on any atom is -0.793 e. The van der Waals surface area contributed by atoms with Crippen molar-refractivity contribution in [1.82, 2.24) is 48.7 Å². The van der Waals surface area contributed by atoms with Crippen molar-refractivity contribution < 1.29 is 73.3 Å². The summed E-state index contributed by atoms with van der Waals surface area (Å²) in [5.41, 5.74) is 14.8. The molecule has 0 amide bonds. The summed E-state index contributed by atoms with van der Waals surface area (Å²) >= 11 is 2.59. The number of hydrogen-bond acceptors (Lipinski definition) is 24. The molecule has 30 heteroatoms. The van der Waals surface area contributed by atoms with Gasteiger partial charge in [-0.15, -0.1) is 0 Å². The van der Waals surface area contributed by atoms with Crippen LogP contribution in [0.25, 0.3) is 56.1 Å². The molecule has 0 unspecified atom stereocenters. The maximum Gasteiger partial charge on any atom is 1.00 e. The molecule has 3 radical (unpaired) electrons. The van der Waals surface area contributed by atoms with Gasteiger partial charge in [-0.1, -0.05) is 63.2 Å². The second kappa shape index (κ2) is 37.5. The fraction of sp³-hybridized carbons (Fsp3) is 0.370. The summed E-state index contributed by atoms with van der Waals surface area (Å²) in [6.07, 6.45) is 23.2. The van der Waals surface area contributed by atoms with Crippen LogP contribution in [0.15, 0.2) is 110 Å². The third-order valence-electron chi connectivity index (χ3n) is 16.7. The molecule has 4 fully saturated rings. The van der Waals surface area contributed by atoms with Gasteiger partial charge >= 0.3 is 41.5 Å². The van der Waals surface area contributed by atoms with Crippen molar-refractivity contribution in [3.05, 3.63) is 143 Å². The molecule has 103 heavy (non-hydrogen) atoms. The number of hydrogen-bond donors (Lipinski definition) is 1. The molecule has 10 aromatic rings. The van der Waals surface area contributed by atoms with Crippen LogP contribution in [0, 0.1) is 46.1 Å². The predicted molar refractivity (Wildman–Crippen MR) is 390 cm³/mol. The number of halogens is 2. The third kappa shape index (κ3) is 21.0. The molecule has 2 aromatic carbocycles. The minimum atomic E-state index is -0.639. The summed E-state index contributed by atoms with van der Waals surface area (Å²) in [6.45, 7) is 13.3. The van der Waals surface area contributed by atoms with Gasteiger partial charge in [0.1, 0.15) is 73.6 Å². The van der Waals surface area contributed by atoms with Gasteiger partial charge in [-0.05, 0) is 130 Å². The topological polar surface area (TPSA) is 294 Å². The van der Waals surface area contributed by atoms with Crippen LogP contribution in [0.3, 0.4) is 0 Å². The first-order valence-corrected chi connectivity index (χ1v) is 35.1. The molecule has 8 aromatic heterocycles. The van der Waals surface area contributed by atoms with Crippen LogP contribution in [0.2, 0.25) is 0 Å². The number of pyridine rings is 2. The Balaban J connectivity index is 0.000000207. The maximum absolute atomic E-state index is 13.5. The standard InChI is InChI=1S/C33H33FN8S.C29H25FN8OS.C4H6O4.C3H7N.C2H3BO2.C2H6.Na/c1-3-27-31(40(2)33-39-30(28(17-35)43-33)23-6-9-26(34)10-7-23)42-20-24(8-11-29(42)38-27)25-18-36-32(37-19-25)41-14-12-22(13-15-41)16-21-4-5-21;1-3-23-27(36(2)29-35-26(24(14-31)40-29)18-4-7-21(30)8-5-18)38-17-19(6-9-25(38)34-23)20-15-32-28(33-16-20)37-12-10-22(39)11-13-37;1-3(5)7-8-4(2)6;4-3-1-2-3;1-2(4)5-3;1-2;/h6-11,18-22H,3-5,12-16H2,1-2H3;4-9,15-17H,3,10-13H2,1-2H3;1-2H3;3H,1-2,4H2;1H3;1-2H3;/q;;;;-1;;+1/i;;;;;1D;. The molecule has 2 N–H and O–H groups in total. The molecule has 0 spiro atoms. The molecule has 4 aliphatic rings. The van der Waals surface area contributed by atoms with Gasteiger partial charge in [0, 0.05) is 152 Å². The zero-order chi connectivity index (χ0) is 73.9. The molecule has 14 rings (SSSR count). The van der Waals surface area contributed by atoms with Gasteiger partial charge in [0.05, 0.1) is 11.4 Å². The van der Waals surface area contributed by atoms with Crippen LogP contribution in [0.1, 0.15) is 129 Å². The van der Waals surface area contributed by atoms with Crippen LogP contribution < -0.4 is 54.9 Å². The number of imidazole rings is 2. The second-order valence-electron chi connectivity index (χ2n) is 24.2. The van der Waals surface area contributed by atoms with E-state index >= 15 is 0 Å². The number of fused-ring (bicyclic) bond motifs is 2. The number of nitrogens with two attached hydrogens (primary N) is 1. The number of aryl methyl sites for hydroxylation is 2. The van der Waals surface area contributed by atoms with E-state index in [0.29, 0.717) is 93.8 Å². The quantitative estimate of drug-likeness (QED) is 0.0601. The first-order chi connectivity index (χ1) is 49.6. The number of carbonyl (C=O) groups excluding carboxylic acids is 4. The first-order valence-electron chi connectivity index (χ1n) is 34.1. The molecule has 24 nitrogen and oxygen atoms in total. The number of benzene rings is 2. The van der Waals surface area contributed by atoms with Gasteiger partial charge in [-0.3, -0.25) is 18.4 Å². The van der Waals surface area contributed by atoms with Crippen LogP contribution in [0.5, 0.6) is 0 Å². The largest absolute Gasteiger partial charge is 1.00 e. The van der Waals surface area contributed by atoms with Gasteiger partial charge in [0.25, 0.3) is 0 Å². The minimum absolute atomic E-state index is 0. The summed E-state index contributed by atoms with van der Waals surface area (Å²) in [6, 6.07) is 25.2. The zero-order valence-electron chi connectivity index (χ0n) is 60.2. The molecule has 2 aliphatic carbocycles. The van der Waals surface area contributed by atoms with E-state index in [1.54, 1.807) is 43.6 Å². The summed E-state index contributed by atoms with van der Waals surface area (Å²) in [4.78, 5) is 95.5. The number of ketones is 1. The SMILES string of the molecule is CC(=O)OOC(C)=O.CCc1nc2ccc(-c3cnc(N4CCC(=O)CC4)nc3)cn2c1N(C)c1nc(-c2ccc(F)cc2)c(C#N)s1.CCc1nc2ccc(-c3cnc(N4CCC(CC5CC5)CC4)nc3)cn2c1N(C)c1nc(-c2ccc(F)cc2)c(C#N)s1.NC1CC1.[2H]CC.[B-]OC(C)=O.[Na+]. The Kier molecular flexibility index (Phi) is 28.3. The Hall–Kier alpha value is -9.62. The third-order valence-corrected chi connectivity index (χ3v) is 18.8. The van der Waals surface area contributed by atoms with Gasteiger partial charge in [0.15, 0.2) is 10.3 Å². The van der Waals surface area contributed by atoms with Gasteiger partial charge in [0.2, 0.25) is 17.9 Å². The van der Waals surface area contributed by atoms with Crippen LogP contribution in [-0.4, -0.2) is 127 Å². The van der Waals surface area contributed by atoms with E-state index in [-0.39, 0.29) is 47.0 Å². The Morgan fingerprint density at radius 2 is 0.961 bits per heavy atom. The Labute approximate surface area is 630 Å². The predicted octanol–water partition coefficient (Wildman–Crippen LogP) is 10.5. The Bertz CT molecular complexity index is 4610.